The third-order valence-electron chi connectivity index (χ3n) is 2.89. The lowest BCUT2D eigenvalue weighted by atomic mass is 9.79. The van der Waals surface area contributed by atoms with E-state index in [1.807, 2.05) is 32.6 Å². The predicted octanol–water partition coefficient (Wildman–Crippen LogP) is 3.18. The Hall–Kier alpha value is -0.570. The van der Waals surface area contributed by atoms with Crippen LogP contribution in [0.1, 0.15) is 68.2 Å². The fourth-order valence-corrected chi connectivity index (χ4v) is 2.28. The maximum Gasteiger partial charge on any atom is 0.228 e. The van der Waals surface area contributed by atoms with Crippen molar-refractivity contribution in [2.75, 3.05) is 6.54 Å². The molecule has 1 amide bonds. The van der Waals surface area contributed by atoms with E-state index in [9.17, 15) is 4.79 Å². The molecular formula is C15H32N2O. The van der Waals surface area contributed by atoms with Crippen molar-refractivity contribution >= 4 is 5.91 Å². The zero-order valence-corrected chi connectivity index (χ0v) is 13.6. The first kappa shape index (κ1) is 17.4. The zero-order valence-electron chi connectivity index (χ0n) is 13.6. The second-order valence-electron chi connectivity index (χ2n) is 7.46. The number of carbonyl (C=O) groups excluding carboxylic acids is 1. The molecule has 1 rings (SSSR count). The standard InChI is InChI=1S/C12H24N2O.C3H8/c1-10(2,7-11(3,4)13)9(15)14-8-12(14,5)6;1-3-2/h7-8,13H2,1-6H3;3H2,1-2H3. The number of carbonyl (C=O) groups is 1. The van der Waals surface area contributed by atoms with Crippen LogP contribution in [0.4, 0.5) is 0 Å². The second-order valence-corrected chi connectivity index (χ2v) is 7.46. The smallest absolute Gasteiger partial charge is 0.228 e. The highest BCUT2D eigenvalue weighted by Gasteiger charge is 2.51. The van der Waals surface area contributed by atoms with E-state index in [1.54, 1.807) is 0 Å². The summed E-state index contributed by atoms with van der Waals surface area (Å²) in [6.07, 6.45) is 1.96. The van der Waals surface area contributed by atoms with E-state index >= 15 is 0 Å². The van der Waals surface area contributed by atoms with Crippen LogP contribution in [0.15, 0.2) is 0 Å². The van der Waals surface area contributed by atoms with E-state index in [0.29, 0.717) is 6.42 Å². The Morgan fingerprint density at radius 2 is 1.56 bits per heavy atom. The van der Waals surface area contributed by atoms with Crippen LogP contribution in [0.25, 0.3) is 0 Å². The summed E-state index contributed by atoms with van der Waals surface area (Å²) in [4.78, 5) is 14.1. The minimum atomic E-state index is -0.355. The predicted molar refractivity (Wildman–Crippen MR) is 78.4 cm³/mol. The van der Waals surface area contributed by atoms with Gasteiger partial charge in [-0.15, -0.1) is 0 Å². The Kier molecular flexibility index (Phi) is 5.42. The van der Waals surface area contributed by atoms with E-state index in [-0.39, 0.29) is 22.4 Å². The molecule has 3 nitrogen and oxygen atoms in total. The summed E-state index contributed by atoms with van der Waals surface area (Å²) >= 11 is 0. The molecule has 1 aliphatic heterocycles. The molecule has 108 valence electrons. The van der Waals surface area contributed by atoms with Crippen molar-refractivity contribution < 1.29 is 4.79 Å². The number of rotatable bonds is 3. The molecule has 0 bridgehead atoms. The van der Waals surface area contributed by atoms with Gasteiger partial charge in [-0.1, -0.05) is 34.1 Å². The summed E-state index contributed by atoms with van der Waals surface area (Å²) in [5.41, 5.74) is 5.39. The van der Waals surface area contributed by atoms with Crippen molar-refractivity contribution in [3.05, 3.63) is 0 Å². The first-order chi connectivity index (χ1) is 7.87. The van der Waals surface area contributed by atoms with E-state index in [2.05, 4.69) is 27.7 Å². The highest BCUT2D eigenvalue weighted by Crippen LogP contribution is 2.38. The molecule has 1 saturated heterocycles. The van der Waals surface area contributed by atoms with E-state index in [4.69, 9.17) is 5.73 Å². The van der Waals surface area contributed by atoms with Crippen LogP contribution in [0, 0.1) is 5.41 Å². The van der Waals surface area contributed by atoms with Crippen molar-refractivity contribution in [3.8, 4) is 0 Å². The number of hydrogen-bond donors (Lipinski definition) is 1. The molecule has 1 fully saturated rings. The Bertz CT molecular complexity index is 287. The highest BCUT2D eigenvalue weighted by molar-refractivity contribution is 5.85. The van der Waals surface area contributed by atoms with Gasteiger partial charge in [-0.25, -0.2) is 0 Å². The van der Waals surface area contributed by atoms with Crippen molar-refractivity contribution in [1.29, 1.82) is 0 Å². The van der Waals surface area contributed by atoms with Crippen LogP contribution >= 0.6 is 0 Å². The van der Waals surface area contributed by atoms with Crippen LogP contribution in [0.2, 0.25) is 0 Å². The summed E-state index contributed by atoms with van der Waals surface area (Å²) in [5, 5.41) is 0. The van der Waals surface area contributed by atoms with Gasteiger partial charge < -0.3 is 10.6 Å². The Labute approximate surface area is 113 Å². The molecule has 0 spiro atoms. The third kappa shape index (κ3) is 5.38. The molecule has 1 heterocycles. The molecule has 0 aromatic rings. The lowest BCUT2D eigenvalue weighted by Crippen LogP contribution is -2.43. The summed E-state index contributed by atoms with van der Waals surface area (Å²) in [7, 11) is 0. The van der Waals surface area contributed by atoms with Gasteiger partial charge in [-0.05, 0) is 34.1 Å². The summed E-state index contributed by atoms with van der Waals surface area (Å²) in [5.74, 6) is 0.228. The summed E-state index contributed by atoms with van der Waals surface area (Å²) in [6, 6.07) is 0. The molecule has 0 unspecified atom stereocenters. The molecular weight excluding hydrogens is 224 g/mol. The maximum atomic E-state index is 12.2. The number of nitrogens with zero attached hydrogens (tertiary/aromatic N) is 1. The van der Waals surface area contributed by atoms with E-state index in [0.717, 1.165) is 6.54 Å². The van der Waals surface area contributed by atoms with Crippen molar-refractivity contribution in [3.63, 3.8) is 0 Å². The Morgan fingerprint density at radius 3 is 1.78 bits per heavy atom. The average Bonchev–Trinajstić information content (AvgIpc) is 2.70. The molecule has 0 saturated carbocycles. The number of amides is 1. The van der Waals surface area contributed by atoms with Gasteiger partial charge in [0.15, 0.2) is 0 Å². The van der Waals surface area contributed by atoms with Crippen molar-refractivity contribution in [2.24, 2.45) is 11.1 Å². The lowest BCUT2D eigenvalue weighted by Gasteiger charge is -2.31. The summed E-state index contributed by atoms with van der Waals surface area (Å²) in [6.45, 7) is 17.2. The minimum Gasteiger partial charge on any atom is -0.333 e. The van der Waals surface area contributed by atoms with Crippen molar-refractivity contribution in [1.82, 2.24) is 4.90 Å². The number of nitrogens with two attached hydrogens (primary N) is 1. The maximum absolute atomic E-state index is 12.2. The largest absolute Gasteiger partial charge is 0.333 e. The van der Waals surface area contributed by atoms with Gasteiger partial charge in [0.2, 0.25) is 5.91 Å². The normalized spacial score (nSPS) is 17.9. The fraction of sp³-hybridized carbons (Fsp3) is 0.933. The molecule has 3 heteroatoms. The van der Waals surface area contributed by atoms with Gasteiger partial charge in [0.05, 0.1) is 5.54 Å². The zero-order chi connectivity index (χ0) is 14.8. The topological polar surface area (TPSA) is 46.1 Å². The number of hydrogen-bond acceptors (Lipinski definition) is 2. The molecule has 0 atom stereocenters. The van der Waals surface area contributed by atoms with Crippen LogP contribution in [-0.2, 0) is 4.79 Å². The van der Waals surface area contributed by atoms with Gasteiger partial charge in [0.25, 0.3) is 0 Å². The summed E-state index contributed by atoms with van der Waals surface area (Å²) < 4.78 is 0. The second kappa shape index (κ2) is 5.60. The SMILES string of the molecule is CC(C)(N)CC(C)(C)C(=O)N1CC1(C)C.CCC. The fourth-order valence-electron chi connectivity index (χ4n) is 2.28. The minimum absolute atomic E-state index is 0.0626. The molecule has 1 aliphatic rings. The van der Waals surface area contributed by atoms with Gasteiger partial charge in [-0.2, -0.15) is 0 Å². The average molecular weight is 256 g/mol. The van der Waals surface area contributed by atoms with Crippen molar-refractivity contribution in [2.45, 2.75) is 79.3 Å². The third-order valence-corrected chi connectivity index (χ3v) is 2.89. The van der Waals surface area contributed by atoms with E-state index < -0.39 is 0 Å². The van der Waals surface area contributed by atoms with Crippen LogP contribution in [-0.4, -0.2) is 28.4 Å². The molecule has 0 radical (unpaired) electrons. The lowest BCUT2D eigenvalue weighted by molar-refractivity contribution is -0.136. The van der Waals surface area contributed by atoms with Crippen LogP contribution < -0.4 is 5.73 Å². The first-order valence-corrected chi connectivity index (χ1v) is 6.98. The molecule has 0 aliphatic carbocycles. The molecule has 0 aromatic carbocycles. The monoisotopic (exact) mass is 256 g/mol. The first-order valence-electron chi connectivity index (χ1n) is 6.98. The van der Waals surface area contributed by atoms with Gasteiger partial charge in [0, 0.05) is 17.5 Å². The molecule has 18 heavy (non-hydrogen) atoms. The Balaban J connectivity index is 0.000000873. The van der Waals surface area contributed by atoms with Crippen LogP contribution in [0.5, 0.6) is 0 Å². The molecule has 2 N–H and O–H groups in total. The van der Waals surface area contributed by atoms with Gasteiger partial charge in [0.1, 0.15) is 0 Å². The highest BCUT2D eigenvalue weighted by atomic mass is 16.2. The quantitative estimate of drug-likeness (QED) is 0.788. The van der Waals surface area contributed by atoms with Gasteiger partial charge in [-0.3, -0.25) is 4.79 Å². The molecule has 0 aromatic heterocycles. The Morgan fingerprint density at radius 1 is 1.22 bits per heavy atom. The van der Waals surface area contributed by atoms with E-state index in [1.165, 1.54) is 6.42 Å². The van der Waals surface area contributed by atoms with Crippen LogP contribution in [0.3, 0.4) is 0 Å². The van der Waals surface area contributed by atoms with Gasteiger partial charge >= 0.3 is 0 Å².